The maximum absolute atomic E-state index is 5.40. The zero-order valence-electron chi connectivity index (χ0n) is 20.9. The second-order valence-electron chi connectivity index (χ2n) is 9.56. The van der Waals surface area contributed by atoms with Crippen molar-refractivity contribution < 1.29 is 9.47 Å². The van der Waals surface area contributed by atoms with E-state index in [1.165, 1.54) is 42.6 Å². The Morgan fingerprint density at radius 1 is 0.941 bits per heavy atom. The average molecular weight is 464 g/mol. The van der Waals surface area contributed by atoms with Crippen LogP contribution >= 0.6 is 0 Å². The summed E-state index contributed by atoms with van der Waals surface area (Å²) in [5.41, 5.74) is 5.94. The van der Waals surface area contributed by atoms with E-state index < -0.39 is 0 Å². The molecule has 1 aromatic carbocycles. The SMILES string of the molecule is CCc1c(-c2cc(OC)nc(OC)c2)[nH]c2ccc(N3CCN(C4CCN(C)CC4)CC3)cc12. The van der Waals surface area contributed by atoms with Crippen LogP contribution in [0.5, 0.6) is 11.8 Å². The summed E-state index contributed by atoms with van der Waals surface area (Å²) in [5, 5.41) is 1.29. The number of nitrogens with zero attached hydrogens (tertiary/aromatic N) is 4. The van der Waals surface area contributed by atoms with E-state index in [9.17, 15) is 0 Å². The number of ether oxygens (including phenoxy) is 2. The molecular formula is C27H37N5O2. The third-order valence-corrected chi connectivity index (χ3v) is 7.61. The van der Waals surface area contributed by atoms with Gasteiger partial charge in [0.2, 0.25) is 11.8 Å². The molecule has 2 aliphatic rings. The maximum atomic E-state index is 5.40. The second-order valence-corrected chi connectivity index (χ2v) is 9.56. The van der Waals surface area contributed by atoms with Crippen LogP contribution in [0.4, 0.5) is 5.69 Å². The average Bonchev–Trinajstić information content (AvgIpc) is 3.27. The van der Waals surface area contributed by atoms with E-state index in [-0.39, 0.29) is 0 Å². The summed E-state index contributed by atoms with van der Waals surface area (Å²) in [7, 11) is 5.51. The van der Waals surface area contributed by atoms with Crippen LogP contribution in [0.3, 0.4) is 0 Å². The van der Waals surface area contributed by atoms with Gasteiger partial charge in [-0.1, -0.05) is 6.92 Å². The summed E-state index contributed by atoms with van der Waals surface area (Å²) in [6, 6.07) is 11.6. The lowest BCUT2D eigenvalue weighted by atomic mass is 10.0. The van der Waals surface area contributed by atoms with Gasteiger partial charge in [0.1, 0.15) is 0 Å². The van der Waals surface area contributed by atoms with Gasteiger partial charge in [-0.05, 0) is 63.2 Å². The predicted octanol–water partition coefficient (Wildman–Crippen LogP) is 4.03. The van der Waals surface area contributed by atoms with Crippen molar-refractivity contribution in [2.75, 3.05) is 65.4 Å². The monoisotopic (exact) mass is 463 g/mol. The number of nitrogens with one attached hydrogen (secondary N) is 1. The van der Waals surface area contributed by atoms with Crippen LogP contribution < -0.4 is 14.4 Å². The van der Waals surface area contributed by atoms with E-state index >= 15 is 0 Å². The van der Waals surface area contributed by atoms with Crippen LogP contribution in [-0.4, -0.2) is 86.3 Å². The molecule has 2 aromatic heterocycles. The van der Waals surface area contributed by atoms with Gasteiger partial charge in [0.25, 0.3) is 0 Å². The van der Waals surface area contributed by atoms with Gasteiger partial charge in [-0.2, -0.15) is 4.98 Å². The number of piperazine rings is 1. The minimum Gasteiger partial charge on any atom is -0.481 e. The van der Waals surface area contributed by atoms with Crippen molar-refractivity contribution in [1.29, 1.82) is 0 Å². The molecule has 2 saturated heterocycles. The molecule has 0 bridgehead atoms. The number of methoxy groups -OCH3 is 2. The fourth-order valence-corrected chi connectivity index (χ4v) is 5.59. The van der Waals surface area contributed by atoms with Gasteiger partial charge >= 0.3 is 0 Å². The number of H-pyrrole nitrogens is 1. The largest absolute Gasteiger partial charge is 0.481 e. The zero-order chi connectivity index (χ0) is 23.7. The lowest BCUT2D eigenvalue weighted by Crippen LogP contribution is -2.53. The Labute approximate surface area is 202 Å². The first-order chi connectivity index (χ1) is 16.6. The smallest absolute Gasteiger partial charge is 0.216 e. The van der Waals surface area contributed by atoms with Crippen molar-refractivity contribution in [2.24, 2.45) is 0 Å². The van der Waals surface area contributed by atoms with Crippen LogP contribution in [-0.2, 0) is 6.42 Å². The molecule has 7 nitrogen and oxygen atoms in total. The first kappa shape index (κ1) is 23.0. The molecule has 34 heavy (non-hydrogen) atoms. The summed E-state index contributed by atoms with van der Waals surface area (Å²) in [6.45, 7) is 9.17. The summed E-state index contributed by atoms with van der Waals surface area (Å²) in [6.07, 6.45) is 3.55. The molecule has 7 heteroatoms. The highest BCUT2D eigenvalue weighted by Crippen LogP contribution is 2.35. The fourth-order valence-electron chi connectivity index (χ4n) is 5.59. The van der Waals surface area contributed by atoms with Crippen LogP contribution in [0.2, 0.25) is 0 Å². The van der Waals surface area contributed by atoms with Crippen molar-refractivity contribution in [3.05, 3.63) is 35.9 Å². The van der Waals surface area contributed by atoms with Crippen molar-refractivity contribution in [2.45, 2.75) is 32.2 Å². The highest BCUT2D eigenvalue weighted by atomic mass is 16.5. The van der Waals surface area contributed by atoms with E-state index in [0.717, 1.165) is 55.4 Å². The van der Waals surface area contributed by atoms with Crippen LogP contribution in [0.1, 0.15) is 25.3 Å². The van der Waals surface area contributed by atoms with E-state index in [2.05, 4.69) is 56.8 Å². The molecule has 0 aliphatic carbocycles. The molecule has 4 heterocycles. The van der Waals surface area contributed by atoms with Gasteiger partial charge in [0.05, 0.1) is 19.9 Å². The lowest BCUT2D eigenvalue weighted by Gasteiger charge is -2.42. The molecule has 5 rings (SSSR count). The number of anilines is 1. The summed E-state index contributed by atoms with van der Waals surface area (Å²) in [4.78, 5) is 15.7. The van der Waals surface area contributed by atoms with Crippen LogP contribution in [0.15, 0.2) is 30.3 Å². The minimum atomic E-state index is 0.554. The summed E-state index contributed by atoms with van der Waals surface area (Å²) >= 11 is 0. The maximum Gasteiger partial charge on any atom is 0.216 e. The quantitative estimate of drug-likeness (QED) is 0.596. The molecule has 2 fully saturated rings. The first-order valence-electron chi connectivity index (χ1n) is 12.5. The molecule has 182 valence electrons. The van der Waals surface area contributed by atoms with Crippen molar-refractivity contribution in [1.82, 2.24) is 19.8 Å². The molecule has 0 amide bonds. The number of fused-ring (bicyclic) bond motifs is 1. The molecule has 0 radical (unpaired) electrons. The molecule has 0 atom stereocenters. The third-order valence-electron chi connectivity index (χ3n) is 7.61. The Kier molecular flexibility index (Phi) is 6.66. The van der Waals surface area contributed by atoms with E-state index in [0.29, 0.717) is 11.8 Å². The molecule has 3 aromatic rings. The second kappa shape index (κ2) is 9.84. The van der Waals surface area contributed by atoms with E-state index in [1.54, 1.807) is 14.2 Å². The fraction of sp³-hybridized carbons (Fsp3) is 0.519. The van der Waals surface area contributed by atoms with Crippen molar-refractivity contribution in [3.8, 4) is 23.0 Å². The number of benzene rings is 1. The predicted molar refractivity (Wildman–Crippen MR) is 138 cm³/mol. The van der Waals surface area contributed by atoms with Crippen LogP contribution in [0, 0.1) is 0 Å². The number of aromatic nitrogens is 2. The number of piperidine rings is 1. The standard InChI is InChI=1S/C27H37N5O2/c1-5-22-23-18-21(32-14-12-31(13-15-32)20-8-10-30(2)11-9-20)6-7-24(23)28-27(22)19-16-25(33-3)29-26(17-19)34-4/h6-7,16-18,20,28H,5,8-15H2,1-4H3. The van der Waals surface area contributed by atoms with Crippen LogP contribution in [0.25, 0.3) is 22.2 Å². The molecule has 0 spiro atoms. The van der Waals surface area contributed by atoms with Gasteiger partial charge in [0.15, 0.2) is 0 Å². The van der Waals surface area contributed by atoms with Gasteiger partial charge in [-0.3, -0.25) is 4.90 Å². The third kappa shape index (κ3) is 4.46. The van der Waals surface area contributed by atoms with Gasteiger partial charge < -0.3 is 24.3 Å². The zero-order valence-corrected chi connectivity index (χ0v) is 20.9. The first-order valence-corrected chi connectivity index (χ1v) is 12.5. The molecule has 1 N–H and O–H groups in total. The van der Waals surface area contributed by atoms with E-state index in [4.69, 9.17) is 9.47 Å². The molecule has 2 aliphatic heterocycles. The number of aryl methyl sites for hydroxylation is 1. The number of hydrogen-bond acceptors (Lipinski definition) is 6. The Morgan fingerprint density at radius 3 is 2.24 bits per heavy atom. The van der Waals surface area contributed by atoms with Gasteiger partial charge in [-0.25, -0.2) is 0 Å². The summed E-state index contributed by atoms with van der Waals surface area (Å²) in [5.74, 6) is 1.11. The summed E-state index contributed by atoms with van der Waals surface area (Å²) < 4.78 is 10.8. The highest BCUT2D eigenvalue weighted by Gasteiger charge is 2.27. The topological polar surface area (TPSA) is 56.9 Å². The van der Waals surface area contributed by atoms with Gasteiger partial charge in [0, 0.05) is 66.5 Å². The lowest BCUT2D eigenvalue weighted by molar-refractivity contribution is 0.115. The van der Waals surface area contributed by atoms with E-state index in [1.807, 2.05) is 12.1 Å². The number of aromatic amines is 1. The number of rotatable bonds is 6. The minimum absolute atomic E-state index is 0.554. The normalized spacial score (nSPS) is 18.5. The van der Waals surface area contributed by atoms with Crippen molar-refractivity contribution >= 4 is 16.6 Å². The van der Waals surface area contributed by atoms with Crippen molar-refractivity contribution in [3.63, 3.8) is 0 Å². The Bertz CT molecular complexity index is 1110. The highest BCUT2D eigenvalue weighted by molar-refractivity contribution is 5.93. The molecular weight excluding hydrogens is 426 g/mol. The Morgan fingerprint density at radius 2 is 1.62 bits per heavy atom. The van der Waals surface area contributed by atoms with Gasteiger partial charge in [-0.15, -0.1) is 0 Å². The Hall–Kier alpha value is -2.77. The number of hydrogen-bond donors (Lipinski definition) is 1. The molecule has 0 saturated carbocycles. The molecule has 0 unspecified atom stereocenters. The Balaban J connectivity index is 1.38. The number of likely N-dealkylation sites (tertiary alicyclic amines) is 1. The number of pyridine rings is 1.